The van der Waals surface area contributed by atoms with E-state index in [1.165, 1.54) is 49.9 Å². The first kappa shape index (κ1) is 19.0. The lowest BCUT2D eigenvalue weighted by Gasteiger charge is -2.29. The monoisotopic (exact) mass is 358 g/mol. The van der Waals surface area contributed by atoms with Crippen LogP contribution in [0.15, 0.2) is 48.5 Å². The molecular weight excluding hydrogens is 330 g/mol. The third-order valence-corrected chi connectivity index (χ3v) is 5.24. The van der Waals surface area contributed by atoms with E-state index in [0.29, 0.717) is 11.8 Å². The van der Waals surface area contributed by atoms with Crippen LogP contribution in [0.1, 0.15) is 36.8 Å². The molecule has 0 spiro atoms. The van der Waals surface area contributed by atoms with Gasteiger partial charge in [0.2, 0.25) is 0 Å². The minimum absolute atomic E-state index is 0.183. The maximum atomic E-state index is 12.9. The number of benzene rings is 2. The number of hydrogen-bond donors (Lipinski definition) is 2. The van der Waals surface area contributed by atoms with Gasteiger partial charge in [0.05, 0.1) is 0 Å². The molecular formula is C22H28F2N2. The SMILES string of the molecule is Fc1ccc(CNCC2CCCC(CNCc3ccc(F)cc3)C2)cc1. The summed E-state index contributed by atoms with van der Waals surface area (Å²) in [5.41, 5.74) is 2.25. The molecule has 2 nitrogen and oxygen atoms in total. The van der Waals surface area contributed by atoms with E-state index in [2.05, 4.69) is 10.6 Å². The van der Waals surface area contributed by atoms with Crippen molar-refractivity contribution < 1.29 is 8.78 Å². The fourth-order valence-corrected chi connectivity index (χ4v) is 3.82. The summed E-state index contributed by atoms with van der Waals surface area (Å²) in [6.45, 7) is 3.63. The van der Waals surface area contributed by atoms with E-state index < -0.39 is 0 Å². The highest BCUT2D eigenvalue weighted by Gasteiger charge is 2.21. The van der Waals surface area contributed by atoms with Crippen LogP contribution < -0.4 is 10.6 Å². The Bertz CT molecular complexity index is 597. The average molecular weight is 358 g/mol. The molecule has 0 radical (unpaired) electrons. The first-order chi connectivity index (χ1) is 12.7. The van der Waals surface area contributed by atoms with Crippen molar-refractivity contribution in [2.75, 3.05) is 13.1 Å². The maximum absolute atomic E-state index is 12.9. The van der Waals surface area contributed by atoms with Crippen molar-refractivity contribution in [3.8, 4) is 0 Å². The van der Waals surface area contributed by atoms with Gasteiger partial charge in [-0.15, -0.1) is 0 Å². The minimum atomic E-state index is -0.183. The van der Waals surface area contributed by atoms with Gasteiger partial charge >= 0.3 is 0 Å². The van der Waals surface area contributed by atoms with Gasteiger partial charge in [-0.3, -0.25) is 0 Å². The average Bonchev–Trinajstić information content (AvgIpc) is 2.65. The molecule has 2 unspecified atom stereocenters. The van der Waals surface area contributed by atoms with Gasteiger partial charge in [0, 0.05) is 13.1 Å². The molecule has 140 valence electrons. The van der Waals surface area contributed by atoms with Crippen molar-refractivity contribution in [3.05, 3.63) is 71.3 Å². The molecule has 1 aliphatic rings. The highest BCUT2D eigenvalue weighted by molar-refractivity contribution is 5.16. The van der Waals surface area contributed by atoms with Gasteiger partial charge < -0.3 is 10.6 Å². The molecule has 26 heavy (non-hydrogen) atoms. The van der Waals surface area contributed by atoms with Gasteiger partial charge in [-0.1, -0.05) is 30.7 Å². The van der Waals surface area contributed by atoms with E-state index in [1.807, 2.05) is 24.3 Å². The molecule has 4 heteroatoms. The van der Waals surface area contributed by atoms with Crippen LogP contribution in [0.4, 0.5) is 8.78 Å². The van der Waals surface area contributed by atoms with E-state index in [1.54, 1.807) is 0 Å². The molecule has 0 amide bonds. The van der Waals surface area contributed by atoms with Crippen molar-refractivity contribution in [2.45, 2.75) is 38.8 Å². The van der Waals surface area contributed by atoms with Gasteiger partial charge in [0.15, 0.2) is 0 Å². The van der Waals surface area contributed by atoms with Crippen molar-refractivity contribution >= 4 is 0 Å². The second-order valence-electron chi connectivity index (χ2n) is 7.41. The molecule has 1 aliphatic carbocycles. The summed E-state index contributed by atoms with van der Waals surface area (Å²) in [5, 5.41) is 7.04. The summed E-state index contributed by atoms with van der Waals surface area (Å²) in [6, 6.07) is 13.4. The molecule has 2 aromatic rings. The van der Waals surface area contributed by atoms with E-state index in [0.717, 1.165) is 37.3 Å². The zero-order valence-corrected chi connectivity index (χ0v) is 15.2. The fraction of sp³-hybridized carbons (Fsp3) is 0.455. The van der Waals surface area contributed by atoms with E-state index in [9.17, 15) is 8.78 Å². The van der Waals surface area contributed by atoms with Crippen molar-refractivity contribution in [1.29, 1.82) is 0 Å². The summed E-state index contributed by atoms with van der Waals surface area (Å²) in [4.78, 5) is 0. The first-order valence-corrected chi connectivity index (χ1v) is 9.59. The Morgan fingerprint density at radius 3 is 1.54 bits per heavy atom. The smallest absolute Gasteiger partial charge is 0.123 e. The Labute approximate surface area is 155 Å². The molecule has 0 aliphatic heterocycles. The molecule has 2 atom stereocenters. The van der Waals surface area contributed by atoms with Gasteiger partial charge in [0.1, 0.15) is 11.6 Å². The van der Waals surface area contributed by atoms with Crippen molar-refractivity contribution in [2.24, 2.45) is 11.8 Å². The van der Waals surface area contributed by atoms with Crippen LogP contribution in [0.5, 0.6) is 0 Å². The Morgan fingerprint density at radius 1 is 0.692 bits per heavy atom. The topological polar surface area (TPSA) is 24.1 Å². The van der Waals surface area contributed by atoms with Gasteiger partial charge in [-0.2, -0.15) is 0 Å². The van der Waals surface area contributed by atoms with Crippen LogP contribution in [0.2, 0.25) is 0 Å². The summed E-state index contributed by atoms with van der Waals surface area (Å²) >= 11 is 0. The lowest BCUT2D eigenvalue weighted by Crippen LogP contribution is -2.31. The molecule has 2 N–H and O–H groups in total. The highest BCUT2D eigenvalue weighted by atomic mass is 19.1. The van der Waals surface area contributed by atoms with E-state index in [4.69, 9.17) is 0 Å². The highest BCUT2D eigenvalue weighted by Crippen LogP contribution is 2.28. The normalized spacial score (nSPS) is 20.2. The zero-order valence-electron chi connectivity index (χ0n) is 15.2. The van der Waals surface area contributed by atoms with Crippen LogP contribution in [0.25, 0.3) is 0 Å². The Hall–Kier alpha value is -1.78. The summed E-state index contributed by atoms with van der Waals surface area (Å²) in [5.74, 6) is 1.05. The van der Waals surface area contributed by atoms with Crippen LogP contribution in [0, 0.1) is 23.5 Å². The van der Waals surface area contributed by atoms with Crippen molar-refractivity contribution in [1.82, 2.24) is 10.6 Å². The molecule has 0 saturated heterocycles. The quantitative estimate of drug-likeness (QED) is 0.718. The zero-order chi connectivity index (χ0) is 18.2. The molecule has 1 saturated carbocycles. The lowest BCUT2D eigenvalue weighted by atomic mass is 9.81. The van der Waals surface area contributed by atoms with Gasteiger partial charge in [-0.05, 0) is 79.6 Å². The second-order valence-corrected chi connectivity index (χ2v) is 7.41. The number of hydrogen-bond acceptors (Lipinski definition) is 2. The largest absolute Gasteiger partial charge is 0.312 e. The summed E-state index contributed by atoms with van der Waals surface area (Å²) in [7, 11) is 0. The first-order valence-electron chi connectivity index (χ1n) is 9.59. The molecule has 0 bridgehead atoms. The second kappa shape index (κ2) is 9.79. The minimum Gasteiger partial charge on any atom is -0.312 e. The van der Waals surface area contributed by atoms with E-state index in [-0.39, 0.29) is 11.6 Å². The van der Waals surface area contributed by atoms with Crippen LogP contribution in [-0.4, -0.2) is 13.1 Å². The predicted octanol–water partition coefficient (Wildman–Crippen LogP) is 4.65. The molecule has 2 aromatic carbocycles. The summed E-state index contributed by atoms with van der Waals surface area (Å²) < 4.78 is 25.9. The fourth-order valence-electron chi connectivity index (χ4n) is 3.82. The number of halogens is 2. The third-order valence-electron chi connectivity index (χ3n) is 5.24. The summed E-state index contributed by atoms with van der Waals surface area (Å²) in [6.07, 6.45) is 5.09. The molecule has 0 aromatic heterocycles. The van der Waals surface area contributed by atoms with Crippen LogP contribution in [0.3, 0.4) is 0 Å². The van der Waals surface area contributed by atoms with Crippen LogP contribution >= 0.6 is 0 Å². The lowest BCUT2D eigenvalue weighted by molar-refractivity contribution is 0.252. The maximum Gasteiger partial charge on any atom is 0.123 e. The van der Waals surface area contributed by atoms with Crippen LogP contribution in [-0.2, 0) is 13.1 Å². The number of nitrogens with one attached hydrogen (secondary N) is 2. The standard InChI is InChI=1S/C22H28F2N2/c23-21-8-4-17(5-9-21)13-25-15-19-2-1-3-20(12-19)16-26-14-18-6-10-22(24)11-7-18/h4-11,19-20,25-26H,1-3,12-16H2. The Morgan fingerprint density at radius 2 is 1.12 bits per heavy atom. The molecule has 1 fully saturated rings. The molecule has 0 heterocycles. The Kier molecular flexibility index (Phi) is 7.15. The predicted molar refractivity (Wildman–Crippen MR) is 102 cm³/mol. The van der Waals surface area contributed by atoms with Gasteiger partial charge in [0.25, 0.3) is 0 Å². The number of rotatable bonds is 8. The van der Waals surface area contributed by atoms with Crippen molar-refractivity contribution in [3.63, 3.8) is 0 Å². The molecule has 3 rings (SSSR count). The van der Waals surface area contributed by atoms with Gasteiger partial charge in [-0.25, -0.2) is 8.78 Å². The third kappa shape index (κ3) is 6.19. The Balaban J connectivity index is 1.34. The van der Waals surface area contributed by atoms with E-state index >= 15 is 0 Å².